The van der Waals surface area contributed by atoms with E-state index in [-0.39, 0.29) is 4.99 Å². The first-order valence-electron chi connectivity index (χ1n) is 8.98. The maximum absolute atomic E-state index is 11.8. The van der Waals surface area contributed by atoms with Gasteiger partial charge in [-0.25, -0.2) is 0 Å². The average molecular weight is 449 g/mol. The lowest BCUT2D eigenvalue weighted by Gasteiger charge is -2.35. The van der Waals surface area contributed by atoms with Gasteiger partial charge in [0, 0.05) is 41.2 Å². The predicted octanol–water partition coefficient (Wildman–Crippen LogP) is 0.213. The normalized spacial score (nSPS) is 14.2. The van der Waals surface area contributed by atoms with E-state index in [1.54, 1.807) is 6.92 Å². The molecule has 0 amide bonds. The molecule has 0 aromatic heterocycles. The first-order chi connectivity index (χ1) is 13.9. The van der Waals surface area contributed by atoms with Crippen LogP contribution < -0.4 is 5.32 Å². The van der Waals surface area contributed by atoms with Crippen LogP contribution in [-0.2, 0) is 47.7 Å². The molecule has 0 fully saturated rings. The minimum absolute atomic E-state index is 0.0230. The second kappa shape index (κ2) is 13.5. The van der Waals surface area contributed by atoms with E-state index in [2.05, 4.69) is 5.32 Å². The molecule has 0 heterocycles. The monoisotopic (exact) mass is 449 g/mol. The van der Waals surface area contributed by atoms with Gasteiger partial charge in [-0.1, -0.05) is 12.2 Å². The summed E-state index contributed by atoms with van der Waals surface area (Å²) in [4.78, 5) is 58.0. The topological polar surface area (TPSA) is 144 Å². The average Bonchev–Trinajstić information content (AvgIpc) is 2.59. The van der Waals surface area contributed by atoms with Crippen LogP contribution in [0.3, 0.4) is 0 Å². The van der Waals surface area contributed by atoms with Gasteiger partial charge in [0.05, 0.1) is 0 Å². The second-order valence-corrected chi connectivity index (χ2v) is 6.46. The molecule has 0 unspecified atom stereocenters. The Bertz CT molecular complexity index is 665. The van der Waals surface area contributed by atoms with E-state index in [4.69, 9.17) is 35.9 Å². The number of carbonyl (C=O) groups is 5. The minimum atomic E-state index is -1.52. The molecular weight excluding hydrogens is 422 g/mol. The second-order valence-electron chi connectivity index (χ2n) is 6.02. The Morgan fingerprint density at radius 3 is 1.60 bits per heavy atom. The molecule has 0 radical (unpaired) electrons. The molecule has 1 N–H and O–H groups in total. The van der Waals surface area contributed by atoms with Gasteiger partial charge >= 0.3 is 29.8 Å². The molecule has 0 aromatic carbocycles. The van der Waals surface area contributed by atoms with Gasteiger partial charge in [-0.05, 0) is 6.92 Å². The first-order valence-corrected chi connectivity index (χ1v) is 9.39. The zero-order valence-electron chi connectivity index (χ0n) is 17.7. The summed E-state index contributed by atoms with van der Waals surface area (Å²) in [5.74, 6) is -3.89. The minimum Gasteiger partial charge on any atom is -0.462 e. The number of likely N-dealkylation sites (N-methyl/N-ethyl adjacent to an activating group) is 1. The van der Waals surface area contributed by atoms with Crippen molar-refractivity contribution in [3.05, 3.63) is 0 Å². The molecule has 4 atom stereocenters. The fourth-order valence-corrected chi connectivity index (χ4v) is 2.70. The lowest BCUT2D eigenvalue weighted by atomic mass is 10.0. The molecule has 0 aliphatic rings. The number of nitrogens with one attached hydrogen (secondary N) is 1. The van der Waals surface area contributed by atoms with E-state index in [0.717, 1.165) is 34.6 Å². The quantitative estimate of drug-likeness (QED) is 0.262. The number of esters is 5. The van der Waals surface area contributed by atoms with Crippen molar-refractivity contribution in [3.63, 3.8) is 0 Å². The van der Waals surface area contributed by atoms with Crippen molar-refractivity contribution >= 4 is 47.1 Å². The van der Waals surface area contributed by atoms with Crippen LogP contribution in [0, 0.1) is 0 Å². The summed E-state index contributed by atoms with van der Waals surface area (Å²) in [6.07, 6.45) is -5.81. The van der Waals surface area contributed by atoms with Crippen molar-refractivity contribution in [1.29, 1.82) is 0 Å². The van der Waals surface area contributed by atoms with Crippen LogP contribution in [0.5, 0.6) is 0 Å². The maximum Gasteiger partial charge on any atom is 0.303 e. The van der Waals surface area contributed by atoms with Crippen molar-refractivity contribution in [2.45, 2.75) is 66.0 Å². The van der Waals surface area contributed by atoms with E-state index in [1.165, 1.54) is 0 Å². The van der Waals surface area contributed by atoms with Gasteiger partial charge in [0.2, 0.25) is 0 Å². The molecule has 0 aliphatic heterocycles. The summed E-state index contributed by atoms with van der Waals surface area (Å²) in [6.45, 7) is 7.01. The van der Waals surface area contributed by atoms with Crippen molar-refractivity contribution in [1.82, 2.24) is 5.32 Å². The molecule has 0 bridgehead atoms. The Morgan fingerprint density at radius 1 is 0.733 bits per heavy atom. The van der Waals surface area contributed by atoms with Crippen LogP contribution in [0.2, 0.25) is 0 Å². The van der Waals surface area contributed by atoms with Gasteiger partial charge in [0.1, 0.15) is 11.6 Å². The van der Waals surface area contributed by atoms with Gasteiger partial charge in [-0.3, -0.25) is 24.0 Å². The molecular formula is C18H27NO10S. The number of carbonyl (C=O) groups excluding carboxylic acids is 5. The molecule has 0 aromatic rings. The van der Waals surface area contributed by atoms with Crippen LogP contribution in [0.25, 0.3) is 0 Å². The summed E-state index contributed by atoms with van der Waals surface area (Å²) in [5.41, 5.74) is 0. The molecule has 0 saturated heterocycles. The van der Waals surface area contributed by atoms with E-state index < -0.39 is 60.9 Å². The third kappa shape index (κ3) is 10.7. The largest absolute Gasteiger partial charge is 0.462 e. The summed E-state index contributed by atoms with van der Waals surface area (Å²) in [6, 6.07) is 0. The molecule has 30 heavy (non-hydrogen) atoms. The molecule has 12 heteroatoms. The highest BCUT2D eigenvalue weighted by molar-refractivity contribution is 7.80. The number of ether oxygens (including phenoxy) is 5. The number of rotatable bonds is 11. The van der Waals surface area contributed by atoms with Gasteiger partial charge in [0.15, 0.2) is 24.4 Å². The van der Waals surface area contributed by atoms with Crippen LogP contribution in [0.15, 0.2) is 0 Å². The van der Waals surface area contributed by atoms with Crippen LogP contribution in [-0.4, -0.2) is 72.4 Å². The summed E-state index contributed by atoms with van der Waals surface area (Å²) < 4.78 is 25.7. The fourth-order valence-electron chi connectivity index (χ4n) is 2.37. The van der Waals surface area contributed by atoms with E-state index in [9.17, 15) is 24.0 Å². The van der Waals surface area contributed by atoms with E-state index in [0.29, 0.717) is 6.54 Å². The Balaban J connectivity index is 6.34. The summed E-state index contributed by atoms with van der Waals surface area (Å²) in [5, 5.41) is 2.77. The summed E-state index contributed by atoms with van der Waals surface area (Å²) in [7, 11) is 0. The Kier molecular flexibility index (Phi) is 12.2. The maximum atomic E-state index is 11.8. The lowest BCUT2D eigenvalue weighted by molar-refractivity contribution is -0.198. The fraction of sp³-hybridized carbons (Fsp3) is 0.667. The Labute approximate surface area is 179 Å². The molecule has 170 valence electrons. The third-order valence-corrected chi connectivity index (χ3v) is 3.64. The predicted molar refractivity (Wildman–Crippen MR) is 105 cm³/mol. The molecule has 0 rings (SSSR count). The first kappa shape index (κ1) is 27.2. The van der Waals surface area contributed by atoms with Crippen LogP contribution in [0.4, 0.5) is 0 Å². The molecule has 0 saturated carbocycles. The highest BCUT2D eigenvalue weighted by Crippen LogP contribution is 2.21. The number of thiocarbonyl (C=S) groups is 1. The van der Waals surface area contributed by atoms with Gasteiger partial charge < -0.3 is 29.0 Å². The van der Waals surface area contributed by atoms with E-state index in [1.807, 2.05) is 0 Å². The van der Waals surface area contributed by atoms with E-state index >= 15 is 0 Å². The molecule has 0 spiro atoms. The van der Waals surface area contributed by atoms with Crippen molar-refractivity contribution in [3.8, 4) is 0 Å². The van der Waals surface area contributed by atoms with Crippen LogP contribution in [0.1, 0.15) is 41.5 Å². The number of hydrogen-bond acceptors (Lipinski definition) is 11. The standard InChI is InChI=1S/C18H27NO10S/c1-7-19-18(30)17(29-13(6)24)16(28-12(5)23)15(27-11(4)22)14(26-10(3)21)8-25-9(2)20/h14-17H,7-8H2,1-6H3,(H,19,30)/t14-,15-,16+,17-/m1/s1. The van der Waals surface area contributed by atoms with Gasteiger partial charge in [-0.2, -0.15) is 0 Å². The SMILES string of the molecule is CCNC(=S)[C@H](OC(C)=O)[C@@H](OC(C)=O)[C@H](OC(C)=O)[C@@H](COC(C)=O)OC(C)=O. The Hall–Kier alpha value is -2.76. The zero-order chi connectivity index (χ0) is 23.4. The van der Waals surface area contributed by atoms with Crippen molar-refractivity contribution in [2.75, 3.05) is 13.2 Å². The van der Waals surface area contributed by atoms with Gasteiger partial charge in [-0.15, -0.1) is 0 Å². The molecule has 11 nitrogen and oxygen atoms in total. The number of hydrogen-bond donors (Lipinski definition) is 1. The third-order valence-electron chi connectivity index (χ3n) is 3.26. The molecule has 0 aliphatic carbocycles. The van der Waals surface area contributed by atoms with Gasteiger partial charge in [0.25, 0.3) is 0 Å². The van der Waals surface area contributed by atoms with Crippen molar-refractivity contribution in [2.24, 2.45) is 0 Å². The Morgan fingerprint density at radius 2 is 1.20 bits per heavy atom. The zero-order valence-corrected chi connectivity index (χ0v) is 18.5. The summed E-state index contributed by atoms with van der Waals surface area (Å²) >= 11 is 5.22. The highest BCUT2D eigenvalue weighted by Gasteiger charge is 2.45. The highest BCUT2D eigenvalue weighted by atomic mass is 32.1. The van der Waals surface area contributed by atoms with Crippen LogP contribution >= 0.6 is 12.2 Å². The lowest BCUT2D eigenvalue weighted by Crippen LogP contribution is -2.56. The van der Waals surface area contributed by atoms with Crippen molar-refractivity contribution < 1.29 is 47.7 Å². The smallest absolute Gasteiger partial charge is 0.303 e.